The van der Waals surface area contributed by atoms with E-state index < -0.39 is 22.3 Å². The van der Waals surface area contributed by atoms with Gasteiger partial charge in [-0.05, 0) is 50.2 Å². The Kier molecular flexibility index (Phi) is 3.15. The van der Waals surface area contributed by atoms with Crippen LogP contribution in [0.1, 0.15) is 24.8 Å². The predicted octanol–water partition coefficient (Wildman–Crippen LogP) is 1.86. The van der Waals surface area contributed by atoms with Crippen LogP contribution in [0.25, 0.3) is 0 Å². The normalized spacial score (nSPS) is 33.8. The molecule has 0 heterocycles. The van der Waals surface area contributed by atoms with Crippen LogP contribution in [0.2, 0.25) is 0 Å². The number of rotatable bonds is 3. The number of hydrogen-bond donors (Lipinski definition) is 1. The smallest absolute Gasteiger partial charge is 0.297 e. The predicted molar refractivity (Wildman–Crippen MR) is 70.1 cm³/mol. The molecule has 5 heteroatoms. The number of fused-ring (bicyclic) bond motifs is 2. The lowest BCUT2D eigenvalue weighted by Gasteiger charge is -2.26. The minimum atomic E-state index is -3.78. The zero-order valence-electron chi connectivity index (χ0n) is 10.8. The van der Waals surface area contributed by atoms with Crippen LogP contribution in [0.3, 0.4) is 0 Å². The van der Waals surface area contributed by atoms with Gasteiger partial charge in [0.15, 0.2) is 0 Å². The Labute approximate surface area is 113 Å². The minimum absolute atomic E-state index is 0.160. The first kappa shape index (κ1) is 13.1. The second kappa shape index (κ2) is 4.58. The summed E-state index contributed by atoms with van der Waals surface area (Å²) in [6.45, 7) is 1.90. The first-order chi connectivity index (χ1) is 8.97. The second-order valence-electron chi connectivity index (χ2n) is 5.65. The van der Waals surface area contributed by atoms with Crippen molar-refractivity contribution < 1.29 is 17.7 Å². The lowest BCUT2D eigenvalue weighted by atomic mass is 9.95. The highest BCUT2D eigenvalue weighted by Gasteiger charge is 2.49. The summed E-state index contributed by atoms with van der Waals surface area (Å²) in [5, 5.41) is 10.0. The van der Waals surface area contributed by atoms with E-state index in [0.29, 0.717) is 0 Å². The van der Waals surface area contributed by atoms with Gasteiger partial charge < -0.3 is 5.11 Å². The lowest BCUT2D eigenvalue weighted by Crippen LogP contribution is -2.36. The highest BCUT2D eigenvalue weighted by molar-refractivity contribution is 7.86. The van der Waals surface area contributed by atoms with E-state index in [4.69, 9.17) is 4.18 Å². The standard InChI is InChI=1S/C14H18O4S/c1-9-2-6-12(7-3-9)19(16,17)18-14-11-5-4-10(8-11)13(14)15/h2-3,6-7,10-11,13-15H,4-5,8H2,1H3. The number of hydrogen-bond acceptors (Lipinski definition) is 4. The maximum absolute atomic E-state index is 12.2. The number of benzene rings is 1. The molecule has 1 N–H and O–H groups in total. The van der Waals surface area contributed by atoms with Gasteiger partial charge in [-0.1, -0.05) is 17.7 Å². The molecule has 2 aliphatic rings. The molecule has 19 heavy (non-hydrogen) atoms. The summed E-state index contributed by atoms with van der Waals surface area (Å²) in [5.74, 6) is 0.392. The SMILES string of the molecule is Cc1ccc(S(=O)(=O)OC2C3CCC(C3)C2O)cc1. The Morgan fingerprint density at radius 2 is 1.79 bits per heavy atom. The van der Waals surface area contributed by atoms with Crippen LogP contribution in [0.15, 0.2) is 29.2 Å². The zero-order chi connectivity index (χ0) is 13.6. The molecule has 1 aromatic carbocycles. The van der Waals surface area contributed by atoms with Crippen LogP contribution < -0.4 is 0 Å². The zero-order valence-corrected chi connectivity index (χ0v) is 11.6. The van der Waals surface area contributed by atoms with Gasteiger partial charge in [0.2, 0.25) is 0 Å². The van der Waals surface area contributed by atoms with E-state index in [-0.39, 0.29) is 16.7 Å². The molecule has 0 aliphatic heterocycles. The Morgan fingerprint density at radius 1 is 1.16 bits per heavy atom. The van der Waals surface area contributed by atoms with Crippen molar-refractivity contribution in [2.24, 2.45) is 11.8 Å². The van der Waals surface area contributed by atoms with Gasteiger partial charge in [-0.25, -0.2) is 0 Å². The maximum Gasteiger partial charge on any atom is 0.297 e. The Balaban J connectivity index is 1.80. The van der Waals surface area contributed by atoms with E-state index in [1.54, 1.807) is 24.3 Å². The quantitative estimate of drug-likeness (QED) is 0.860. The van der Waals surface area contributed by atoms with Gasteiger partial charge in [-0.3, -0.25) is 4.18 Å². The van der Waals surface area contributed by atoms with Crippen LogP contribution in [-0.4, -0.2) is 25.7 Å². The highest BCUT2D eigenvalue weighted by atomic mass is 32.2. The Morgan fingerprint density at radius 3 is 2.37 bits per heavy atom. The summed E-state index contributed by atoms with van der Waals surface area (Å²) >= 11 is 0. The monoisotopic (exact) mass is 282 g/mol. The van der Waals surface area contributed by atoms with Crippen molar-refractivity contribution in [2.75, 3.05) is 0 Å². The molecule has 0 spiro atoms. The summed E-state index contributed by atoms with van der Waals surface area (Å²) in [5.41, 5.74) is 0.999. The fraction of sp³-hybridized carbons (Fsp3) is 0.571. The van der Waals surface area contributed by atoms with Crippen LogP contribution in [0.4, 0.5) is 0 Å². The van der Waals surface area contributed by atoms with Crippen LogP contribution in [-0.2, 0) is 14.3 Å². The molecular formula is C14H18O4S. The summed E-state index contributed by atoms with van der Waals surface area (Å²) < 4.78 is 29.7. The molecule has 2 bridgehead atoms. The van der Waals surface area contributed by atoms with E-state index in [0.717, 1.165) is 24.8 Å². The summed E-state index contributed by atoms with van der Waals surface area (Å²) in [4.78, 5) is 0.160. The molecular weight excluding hydrogens is 264 g/mol. The van der Waals surface area contributed by atoms with Gasteiger partial charge in [-0.15, -0.1) is 0 Å². The topological polar surface area (TPSA) is 63.6 Å². The molecule has 2 saturated carbocycles. The summed E-state index contributed by atoms with van der Waals surface area (Å²) in [6, 6.07) is 6.58. The molecule has 4 unspecified atom stereocenters. The van der Waals surface area contributed by atoms with Gasteiger partial charge in [0.25, 0.3) is 10.1 Å². The highest BCUT2D eigenvalue weighted by Crippen LogP contribution is 2.46. The van der Waals surface area contributed by atoms with E-state index >= 15 is 0 Å². The average Bonchev–Trinajstić information content (AvgIpc) is 2.93. The molecule has 2 aliphatic carbocycles. The van der Waals surface area contributed by atoms with Crippen LogP contribution in [0.5, 0.6) is 0 Å². The van der Waals surface area contributed by atoms with E-state index in [9.17, 15) is 13.5 Å². The fourth-order valence-corrected chi connectivity index (χ4v) is 4.39. The van der Waals surface area contributed by atoms with Gasteiger partial charge in [0, 0.05) is 0 Å². The molecule has 0 saturated heterocycles. The molecule has 4 nitrogen and oxygen atoms in total. The van der Waals surface area contributed by atoms with E-state index in [1.807, 2.05) is 6.92 Å². The van der Waals surface area contributed by atoms with Gasteiger partial charge in [-0.2, -0.15) is 8.42 Å². The summed E-state index contributed by atoms with van der Waals surface area (Å²) in [6.07, 6.45) is 1.62. The van der Waals surface area contributed by atoms with Gasteiger partial charge >= 0.3 is 0 Å². The van der Waals surface area contributed by atoms with E-state index in [2.05, 4.69) is 0 Å². The van der Waals surface area contributed by atoms with Crippen molar-refractivity contribution in [3.05, 3.63) is 29.8 Å². The third-order valence-corrected chi connectivity index (χ3v) is 5.67. The van der Waals surface area contributed by atoms with Crippen LogP contribution in [0, 0.1) is 18.8 Å². The van der Waals surface area contributed by atoms with Crippen molar-refractivity contribution in [1.29, 1.82) is 0 Å². The minimum Gasteiger partial charge on any atom is -0.390 e. The first-order valence-corrected chi connectivity index (χ1v) is 8.06. The number of aryl methyl sites for hydroxylation is 1. The van der Waals surface area contributed by atoms with Crippen molar-refractivity contribution in [3.63, 3.8) is 0 Å². The van der Waals surface area contributed by atoms with Gasteiger partial charge in [0.05, 0.1) is 11.0 Å². The third-order valence-electron chi connectivity index (χ3n) is 4.35. The molecule has 3 rings (SSSR count). The average molecular weight is 282 g/mol. The largest absolute Gasteiger partial charge is 0.390 e. The maximum atomic E-state index is 12.2. The van der Waals surface area contributed by atoms with Crippen molar-refractivity contribution in [3.8, 4) is 0 Å². The molecule has 1 aromatic rings. The molecule has 0 aromatic heterocycles. The Bertz CT molecular complexity index is 562. The molecule has 4 atom stereocenters. The van der Waals surface area contributed by atoms with Gasteiger partial charge in [0.1, 0.15) is 6.10 Å². The molecule has 0 amide bonds. The van der Waals surface area contributed by atoms with E-state index in [1.165, 1.54) is 0 Å². The molecule has 0 radical (unpaired) electrons. The van der Waals surface area contributed by atoms with Crippen molar-refractivity contribution in [1.82, 2.24) is 0 Å². The fourth-order valence-electron chi connectivity index (χ4n) is 3.25. The molecule has 104 valence electrons. The third kappa shape index (κ3) is 2.30. The lowest BCUT2D eigenvalue weighted by molar-refractivity contribution is 0.00282. The Hall–Kier alpha value is -0.910. The van der Waals surface area contributed by atoms with Crippen molar-refractivity contribution in [2.45, 2.75) is 43.3 Å². The first-order valence-electron chi connectivity index (χ1n) is 6.65. The summed E-state index contributed by atoms with van der Waals surface area (Å²) in [7, 11) is -3.78. The van der Waals surface area contributed by atoms with Crippen molar-refractivity contribution >= 4 is 10.1 Å². The molecule has 2 fully saturated rings. The number of aliphatic hydroxyl groups excluding tert-OH is 1. The second-order valence-corrected chi connectivity index (χ2v) is 7.22. The number of aliphatic hydroxyl groups is 1. The van der Waals surface area contributed by atoms with Crippen LogP contribution >= 0.6 is 0 Å².